The number of fused-ring (bicyclic) bond motifs is 1. The van der Waals surface area contributed by atoms with E-state index in [0.29, 0.717) is 23.4 Å². The molecule has 0 radical (unpaired) electrons. The number of nitrogens with one attached hydrogen (secondary N) is 1. The maximum atomic E-state index is 12.3. The van der Waals surface area contributed by atoms with E-state index in [9.17, 15) is 4.79 Å². The number of nitrogen functional groups attached to an aromatic ring is 1. The predicted octanol–water partition coefficient (Wildman–Crippen LogP) is 1.01. The van der Waals surface area contributed by atoms with Crippen LogP contribution in [-0.4, -0.2) is 36.7 Å². The molecule has 2 heterocycles. The van der Waals surface area contributed by atoms with Crippen molar-refractivity contribution < 1.29 is 4.79 Å². The Labute approximate surface area is 132 Å². The van der Waals surface area contributed by atoms with E-state index in [2.05, 4.69) is 25.4 Å². The van der Waals surface area contributed by atoms with Crippen LogP contribution in [0.2, 0.25) is 0 Å². The minimum Gasteiger partial charge on any atom is -0.383 e. The Balaban J connectivity index is 1.65. The van der Waals surface area contributed by atoms with Crippen LogP contribution in [0.5, 0.6) is 0 Å². The maximum Gasteiger partial charge on any atom is 0.251 e. The van der Waals surface area contributed by atoms with Crippen LogP contribution in [0.1, 0.15) is 23.7 Å². The Bertz CT molecular complexity index is 816. The van der Waals surface area contributed by atoms with Gasteiger partial charge in [-0.05, 0) is 31.5 Å². The molecule has 3 aromatic rings. The van der Waals surface area contributed by atoms with E-state index in [0.717, 1.165) is 11.8 Å². The van der Waals surface area contributed by atoms with Gasteiger partial charge >= 0.3 is 0 Å². The number of aromatic nitrogens is 5. The van der Waals surface area contributed by atoms with Crippen LogP contribution in [0, 0.1) is 0 Å². The number of hydrogen-bond acceptors (Lipinski definition) is 6. The van der Waals surface area contributed by atoms with Gasteiger partial charge in [-0.2, -0.15) is 5.10 Å². The summed E-state index contributed by atoms with van der Waals surface area (Å²) < 4.78 is 1.73. The molecule has 0 aliphatic heterocycles. The van der Waals surface area contributed by atoms with Crippen molar-refractivity contribution in [3.8, 4) is 0 Å². The molecule has 0 aliphatic carbocycles. The van der Waals surface area contributed by atoms with Crippen molar-refractivity contribution in [1.29, 1.82) is 0 Å². The second-order valence-electron chi connectivity index (χ2n) is 5.31. The molecule has 8 heteroatoms. The highest BCUT2D eigenvalue weighted by Gasteiger charge is 2.11. The average Bonchev–Trinajstić information content (AvgIpc) is 3.06. The number of nitrogens with two attached hydrogens (primary N) is 1. The largest absolute Gasteiger partial charge is 0.383 e. The number of anilines is 1. The number of rotatable bonds is 5. The van der Waals surface area contributed by atoms with E-state index in [4.69, 9.17) is 5.73 Å². The van der Waals surface area contributed by atoms with E-state index >= 15 is 0 Å². The van der Waals surface area contributed by atoms with Crippen molar-refractivity contribution in [2.75, 3.05) is 5.73 Å². The van der Waals surface area contributed by atoms with Crippen molar-refractivity contribution in [3.05, 3.63) is 42.7 Å². The zero-order valence-corrected chi connectivity index (χ0v) is 12.7. The molecular weight excluding hydrogens is 294 g/mol. The molecule has 0 fully saturated rings. The molecule has 8 nitrogen and oxygen atoms in total. The molecular formula is C15H17N7O. The molecule has 23 heavy (non-hydrogen) atoms. The normalized spacial score (nSPS) is 12.2. The fourth-order valence-corrected chi connectivity index (χ4v) is 2.27. The first-order chi connectivity index (χ1) is 11.1. The van der Waals surface area contributed by atoms with Gasteiger partial charge in [0.25, 0.3) is 5.91 Å². The molecule has 0 bridgehead atoms. The third-order valence-corrected chi connectivity index (χ3v) is 3.56. The van der Waals surface area contributed by atoms with Crippen molar-refractivity contribution in [1.82, 2.24) is 30.0 Å². The summed E-state index contributed by atoms with van der Waals surface area (Å²) in [4.78, 5) is 24.3. The third kappa shape index (κ3) is 3.42. The second-order valence-corrected chi connectivity index (χ2v) is 5.31. The van der Waals surface area contributed by atoms with Crippen LogP contribution in [0.15, 0.2) is 37.2 Å². The Kier molecular flexibility index (Phi) is 4.13. The van der Waals surface area contributed by atoms with Gasteiger partial charge in [-0.25, -0.2) is 15.0 Å². The van der Waals surface area contributed by atoms with Crippen LogP contribution in [0.4, 0.5) is 5.82 Å². The minimum atomic E-state index is -0.143. The average molecular weight is 311 g/mol. The zero-order valence-electron chi connectivity index (χ0n) is 12.7. The molecule has 0 saturated carbocycles. The molecule has 1 amide bonds. The summed E-state index contributed by atoms with van der Waals surface area (Å²) in [5.41, 5.74) is 6.98. The Morgan fingerprint density at radius 1 is 1.35 bits per heavy atom. The number of amides is 1. The summed E-state index contributed by atoms with van der Waals surface area (Å²) in [5, 5.41) is 7.74. The van der Waals surface area contributed by atoms with Gasteiger partial charge in [0.05, 0.1) is 5.52 Å². The Morgan fingerprint density at radius 2 is 2.22 bits per heavy atom. The lowest BCUT2D eigenvalue weighted by Gasteiger charge is -2.14. The van der Waals surface area contributed by atoms with E-state index < -0.39 is 0 Å². The third-order valence-electron chi connectivity index (χ3n) is 3.56. The fourth-order valence-electron chi connectivity index (χ4n) is 2.27. The highest BCUT2D eigenvalue weighted by molar-refractivity contribution is 5.99. The zero-order chi connectivity index (χ0) is 16.2. The van der Waals surface area contributed by atoms with Crippen molar-refractivity contribution in [2.24, 2.45) is 0 Å². The Hall–Kier alpha value is -3.03. The molecule has 1 aromatic carbocycles. The lowest BCUT2D eigenvalue weighted by Crippen LogP contribution is -2.33. The molecule has 0 spiro atoms. The topological polar surface area (TPSA) is 112 Å². The van der Waals surface area contributed by atoms with Gasteiger partial charge in [-0.15, -0.1) is 0 Å². The standard InChI is InChI=1S/C15H17N7O/c1-10(4-5-22-9-17-7-20-22)21-15(23)11-2-3-12-13(6-11)18-8-19-14(12)16/h2-3,6-10H,4-5H2,1H3,(H,21,23)(H2,16,18,19). The molecule has 1 unspecified atom stereocenters. The number of carbonyl (C=O) groups excluding carboxylic acids is 1. The lowest BCUT2D eigenvalue weighted by atomic mass is 10.1. The van der Waals surface area contributed by atoms with Crippen LogP contribution in [0.3, 0.4) is 0 Å². The lowest BCUT2D eigenvalue weighted by molar-refractivity contribution is 0.0937. The van der Waals surface area contributed by atoms with Crippen LogP contribution in [0.25, 0.3) is 10.9 Å². The van der Waals surface area contributed by atoms with Gasteiger partial charge in [0.15, 0.2) is 0 Å². The predicted molar refractivity (Wildman–Crippen MR) is 85.5 cm³/mol. The van der Waals surface area contributed by atoms with Gasteiger partial charge in [-0.1, -0.05) is 0 Å². The van der Waals surface area contributed by atoms with Crippen LogP contribution < -0.4 is 11.1 Å². The van der Waals surface area contributed by atoms with E-state index in [-0.39, 0.29) is 11.9 Å². The summed E-state index contributed by atoms with van der Waals surface area (Å²) >= 11 is 0. The highest BCUT2D eigenvalue weighted by Crippen LogP contribution is 2.17. The second kappa shape index (κ2) is 6.39. The SMILES string of the molecule is CC(CCn1cncn1)NC(=O)c1ccc2c(N)ncnc2c1. The number of hydrogen-bond donors (Lipinski definition) is 2. The van der Waals surface area contributed by atoms with Gasteiger partial charge in [0.1, 0.15) is 24.8 Å². The maximum absolute atomic E-state index is 12.3. The van der Waals surface area contributed by atoms with E-state index in [1.165, 1.54) is 12.7 Å². The summed E-state index contributed by atoms with van der Waals surface area (Å²) in [5.74, 6) is 0.262. The molecule has 3 rings (SSSR count). The Morgan fingerprint density at radius 3 is 3.00 bits per heavy atom. The van der Waals surface area contributed by atoms with Crippen LogP contribution in [-0.2, 0) is 6.54 Å². The number of aryl methyl sites for hydroxylation is 1. The van der Waals surface area contributed by atoms with Crippen LogP contribution >= 0.6 is 0 Å². The number of carbonyl (C=O) groups is 1. The molecule has 0 aliphatic rings. The number of nitrogens with zero attached hydrogens (tertiary/aromatic N) is 5. The summed E-state index contributed by atoms with van der Waals surface area (Å²) in [7, 11) is 0. The van der Waals surface area contributed by atoms with Gasteiger partial charge in [-0.3, -0.25) is 9.48 Å². The molecule has 3 N–H and O–H groups in total. The van der Waals surface area contributed by atoms with Crippen molar-refractivity contribution >= 4 is 22.6 Å². The molecule has 118 valence electrons. The van der Waals surface area contributed by atoms with E-state index in [1.54, 1.807) is 29.2 Å². The summed E-state index contributed by atoms with van der Waals surface area (Å²) in [6, 6.07) is 5.21. The quantitative estimate of drug-likeness (QED) is 0.727. The van der Waals surface area contributed by atoms with Gasteiger partial charge < -0.3 is 11.1 Å². The first-order valence-corrected chi connectivity index (χ1v) is 7.27. The monoisotopic (exact) mass is 311 g/mol. The summed E-state index contributed by atoms with van der Waals surface area (Å²) in [6.07, 6.45) is 5.30. The number of benzene rings is 1. The minimum absolute atomic E-state index is 0.0119. The molecule has 1 atom stereocenters. The molecule has 0 saturated heterocycles. The van der Waals surface area contributed by atoms with Gasteiger partial charge in [0.2, 0.25) is 0 Å². The first kappa shape index (κ1) is 14.9. The fraction of sp³-hybridized carbons (Fsp3) is 0.267. The van der Waals surface area contributed by atoms with E-state index in [1.807, 2.05) is 6.92 Å². The van der Waals surface area contributed by atoms with Gasteiger partial charge in [0, 0.05) is 23.5 Å². The first-order valence-electron chi connectivity index (χ1n) is 7.27. The smallest absolute Gasteiger partial charge is 0.251 e. The van der Waals surface area contributed by atoms with Crippen molar-refractivity contribution in [2.45, 2.75) is 25.9 Å². The molecule has 2 aromatic heterocycles. The summed E-state index contributed by atoms with van der Waals surface area (Å²) in [6.45, 7) is 2.65. The van der Waals surface area contributed by atoms with Crippen molar-refractivity contribution in [3.63, 3.8) is 0 Å². The highest BCUT2D eigenvalue weighted by atomic mass is 16.1.